The molecule has 0 saturated heterocycles. The van der Waals surface area contributed by atoms with Gasteiger partial charge in [-0.05, 0) is 48.7 Å². The van der Waals surface area contributed by atoms with Crippen molar-refractivity contribution in [3.05, 3.63) is 48.0 Å². The monoisotopic (exact) mass is 448 g/mol. The maximum Gasteiger partial charge on any atom is 0.294 e. The van der Waals surface area contributed by atoms with E-state index in [4.69, 9.17) is 9.29 Å². The summed E-state index contributed by atoms with van der Waals surface area (Å²) < 4.78 is 37.3. The van der Waals surface area contributed by atoms with Crippen LogP contribution in [-0.4, -0.2) is 18.1 Å². The van der Waals surface area contributed by atoms with Crippen LogP contribution in [0.4, 0.5) is 0 Å². The number of hydrogen-bond donors (Lipinski definition) is 2. The second kappa shape index (κ2) is 13.4. The molecule has 0 aliphatic rings. The third-order valence-corrected chi connectivity index (χ3v) is 6.33. The number of aromatic hydroxyl groups is 1. The van der Waals surface area contributed by atoms with Gasteiger partial charge in [0.2, 0.25) is 0 Å². The molecule has 172 valence electrons. The summed E-state index contributed by atoms with van der Waals surface area (Å²) in [5.74, 6) is 0.850. The van der Waals surface area contributed by atoms with E-state index in [1.165, 1.54) is 82.1 Å². The molecule has 2 rings (SSSR count). The number of phenolic OH excluding ortho intramolecular Hbond substituents is 1. The third kappa shape index (κ3) is 9.32. The lowest BCUT2D eigenvalue weighted by Crippen LogP contribution is -1.98. The standard InChI is InChI=1S/C25H36O5S/c1-2-3-4-5-6-7-8-9-10-11-12-14-21-15-13-16-24(26)25(21)30-22-17-19-23(20-18-22)31(27,28)29/h13,15-20,26H,2-12,14H2,1H3,(H,27,28,29). The van der Waals surface area contributed by atoms with Gasteiger partial charge in [-0.25, -0.2) is 0 Å². The first-order chi connectivity index (χ1) is 14.9. The molecule has 6 heteroatoms. The predicted molar refractivity (Wildman–Crippen MR) is 125 cm³/mol. The Morgan fingerprint density at radius 1 is 0.774 bits per heavy atom. The number of hydrogen-bond acceptors (Lipinski definition) is 4. The zero-order valence-electron chi connectivity index (χ0n) is 18.6. The third-order valence-electron chi connectivity index (χ3n) is 5.47. The van der Waals surface area contributed by atoms with E-state index in [2.05, 4.69) is 6.92 Å². The quantitative estimate of drug-likeness (QED) is 0.221. The van der Waals surface area contributed by atoms with Gasteiger partial charge in [-0.3, -0.25) is 4.55 Å². The van der Waals surface area contributed by atoms with Crippen molar-refractivity contribution >= 4 is 10.1 Å². The smallest absolute Gasteiger partial charge is 0.294 e. The molecule has 0 unspecified atom stereocenters. The Kier molecular flexibility index (Phi) is 10.9. The molecule has 0 bridgehead atoms. The van der Waals surface area contributed by atoms with Crippen molar-refractivity contribution in [3.63, 3.8) is 0 Å². The largest absolute Gasteiger partial charge is 0.504 e. The summed E-state index contributed by atoms with van der Waals surface area (Å²) in [7, 11) is -4.24. The topological polar surface area (TPSA) is 83.8 Å². The van der Waals surface area contributed by atoms with Crippen molar-refractivity contribution in [2.75, 3.05) is 0 Å². The van der Waals surface area contributed by atoms with Gasteiger partial charge in [0.25, 0.3) is 10.1 Å². The van der Waals surface area contributed by atoms with E-state index in [1.807, 2.05) is 6.07 Å². The summed E-state index contributed by atoms with van der Waals surface area (Å²) in [4.78, 5) is -0.196. The van der Waals surface area contributed by atoms with Crippen LogP contribution in [0.25, 0.3) is 0 Å². The summed E-state index contributed by atoms with van der Waals surface area (Å²) in [6.45, 7) is 2.25. The molecule has 31 heavy (non-hydrogen) atoms. The molecule has 0 aromatic heterocycles. The summed E-state index contributed by atoms with van der Waals surface area (Å²) in [5.41, 5.74) is 0.926. The number of para-hydroxylation sites is 1. The Morgan fingerprint density at radius 2 is 1.32 bits per heavy atom. The molecule has 2 N–H and O–H groups in total. The fourth-order valence-corrected chi connectivity index (χ4v) is 4.14. The maximum absolute atomic E-state index is 11.2. The van der Waals surface area contributed by atoms with Gasteiger partial charge in [0, 0.05) is 0 Å². The second-order valence-electron chi connectivity index (χ2n) is 8.10. The van der Waals surface area contributed by atoms with Gasteiger partial charge >= 0.3 is 0 Å². The number of phenols is 1. The SMILES string of the molecule is CCCCCCCCCCCCCc1cccc(O)c1Oc1ccc(S(=O)(=O)O)cc1. The van der Waals surface area contributed by atoms with Crippen LogP contribution < -0.4 is 4.74 Å². The van der Waals surface area contributed by atoms with Crippen molar-refractivity contribution in [1.29, 1.82) is 0 Å². The van der Waals surface area contributed by atoms with Gasteiger partial charge in [-0.1, -0.05) is 83.3 Å². The van der Waals surface area contributed by atoms with Gasteiger partial charge in [-0.2, -0.15) is 8.42 Å². The van der Waals surface area contributed by atoms with Gasteiger partial charge in [0.1, 0.15) is 5.75 Å². The normalized spacial score (nSPS) is 11.5. The lowest BCUT2D eigenvalue weighted by molar-refractivity contribution is 0.406. The molecular weight excluding hydrogens is 412 g/mol. The fraction of sp³-hybridized carbons (Fsp3) is 0.520. The Bertz CT molecular complexity index is 875. The van der Waals surface area contributed by atoms with Gasteiger partial charge < -0.3 is 9.84 Å². The average molecular weight is 449 g/mol. The van der Waals surface area contributed by atoms with Gasteiger partial charge in [-0.15, -0.1) is 0 Å². The minimum Gasteiger partial charge on any atom is -0.504 e. The van der Waals surface area contributed by atoms with Crippen LogP contribution in [0.1, 0.15) is 83.1 Å². The number of ether oxygens (including phenoxy) is 1. The zero-order valence-corrected chi connectivity index (χ0v) is 19.4. The maximum atomic E-state index is 11.2. The summed E-state index contributed by atoms with van der Waals surface area (Å²) in [6, 6.07) is 10.8. The second-order valence-corrected chi connectivity index (χ2v) is 9.52. The van der Waals surface area contributed by atoms with E-state index in [0.29, 0.717) is 11.5 Å². The van der Waals surface area contributed by atoms with E-state index in [0.717, 1.165) is 24.8 Å². The van der Waals surface area contributed by atoms with E-state index in [-0.39, 0.29) is 10.6 Å². The first kappa shape index (κ1) is 25.2. The predicted octanol–water partition coefficient (Wildman–Crippen LogP) is 7.28. The first-order valence-corrected chi connectivity index (χ1v) is 12.9. The molecule has 0 atom stereocenters. The zero-order chi connectivity index (χ0) is 22.5. The molecule has 0 saturated carbocycles. The highest BCUT2D eigenvalue weighted by atomic mass is 32.2. The highest BCUT2D eigenvalue weighted by molar-refractivity contribution is 7.85. The van der Waals surface area contributed by atoms with Gasteiger partial charge in [0.15, 0.2) is 11.5 Å². The summed E-state index contributed by atoms with van der Waals surface area (Å²) in [6.07, 6.45) is 14.9. The number of rotatable bonds is 15. The first-order valence-electron chi connectivity index (χ1n) is 11.5. The van der Waals surface area contributed by atoms with E-state index in [1.54, 1.807) is 12.1 Å². The van der Waals surface area contributed by atoms with Crippen LogP contribution in [0.2, 0.25) is 0 Å². The van der Waals surface area contributed by atoms with Crippen LogP contribution in [0, 0.1) is 0 Å². The van der Waals surface area contributed by atoms with Crippen LogP contribution >= 0.6 is 0 Å². The van der Waals surface area contributed by atoms with Crippen molar-refractivity contribution in [2.45, 2.75) is 88.9 Å². The number of benzene rings is 2. The molecule has 0 aliphatic heterocycles. The molecule has 0 fully saturated rings. The highest BCUT2D eigenvalue weighted by Gasteiger charge is 2.12. The highest BCUT2D eigenvalue weighted by Crippen LogP contribution is 2.35. The average Bonchev–Trinajstić information content (AvgIpc) is 2.74. The molecule has 5 nitrogen and oxygen atoms in total. The van der Waals surface area contributed by atoms with Crippen molar-refractivity contribution < 1.29 is 22.8 Å². The van der Waals surface area contributed by atoms with Crippen LogP contribution in [0.3, 0.4) is 0 Å². The molecule has 0 radical (unpaired) electrons. The summed E-state index contributed by atoms with van der Waals surface area (Å²) in [5, 5.41) is 10.3. The number of aryl methyl sites for hydroxylation is 1. The lowest BCUT2D eigenvalue weighted by Gasteiger charge is -2.13. The van der Waals surface area contributed by atoms with E-state index in [9.17, 15) is 13.5 Å². The molecule has 0 heterocycles. The minimum absolute atomic E-state index is 0.0550. The van der Waals surface area contributed by atoms with E-state index >= 15 is 0 Å². The summed E-state index contributed by atoms with van der Waals surface area (Å²) >= 11 is 0. The molecular formula is C25H36O5S. The lowest BCUT2D eigenvalue weighted by atomic mass is 10.0. The Labute approximate surface area is 187 Å². The Morgan fingerprint density at radius 3 is 1.87 bits per heavy atom. The van der Waals surface area contributed by atoms with Crippen molar-refractivity contribution in [1.82, 2.24) is 0 Å². The Balaban J connectivity index is 1.77. The van der Waals surface area contributed by atoms with Crippen LogP contribution in [0.5, 0.6) is 17.2 Å². The minimum atomic E-state index is -4.24. The molecule has 0 amide bonds. The van der Waals surface area contributed by atoms with Crippen molar-refractivity contribution in [3.8, 4) is 17.2 Å². The van der Waals surface area contributed by atoms with Crippen LogP contribution in [-0.2, 0) is 16.5 Å². The van der Waals surface area contributed by atoms with Crippen LogP contribution in [0.15, 0.2) is 47.4 Å². The molecule has 2 aromatic carbocycles. The Hall–Kier alpha value is -2.05. The molecule has 2 aromatic rings. The van der Waals surface area contributed by atoms with Gasteiger partial charge in [0.05, 0.1) is 4.90 Å². The fourth-order valence-electron chi connectivity index (χ4n) is 3.66. The van der Waals surface area contributed by atoms with Crippen molar-refractivity contribution in [2.24, 2.45) is 0 Å². The molecule has 0 aliphatic carbocycles. The number of unbranched alkanes of at least 4 members (excludes halogenated alkanes) is 10. The van der Waals surface area contributed by atoms with E-state index < -0.39 is 10.1 Å². The molecule has 0 spiro atoms.